The monoisotopic (exact) mass is 323 g/mol. The lowest BCUT2D eigenvalue weighted by atomic mass is 10.2. The van der Waals surface area contributed by atoms with Crippen LogP contribution in [-0.4, -0.2) is 18.0 Å². The average Bonchev–Trinajstić information content (AvgIpc) is 2.49. The van der Waals surface area contributed by atoms with Crippen LogP contribution in [0, 0.1) is 17.5 Å². The molecule has 1 amide bonds. The van der Waals surface area contributed by atoms with Crippen LogP contribution in [0.3, 0.4) is 0 Å². The van der Waals surface area contributed by atoms with E-state index in [0.29, 0.717) is 0 Å². The number of halogens is 3. The van der Waals surface area contributed by atoms with E-state index in [0.717, 1.165) is 24.3 Å². The molecule has 2 aromatic rings. The highest BCUT2D eigenvalue weighted by molar-refractivity contribution is 5.97. The Morgan fingerprint density at radius 1 is 0.957 bits per heavy atom. The number of amides is 1. The van der Waals surface area contributed by atoms with E-state index < -0.39 is 41.0 Å². The Bertz CT molecular complexity index is 729. The molecule has 0 saturated heterocycles. The van der Waals surface area contributed by atoms with Crippen molar-refractivity contribution in [2.75, 3.05) is 5.32 Å². The summed E-state index contributed by atoms with van der Waals surface area (Å²) in [7, 11) is 0. The van der Waals surface area contributed by atoms with Crippen molar-refractivity contribution in [2.45, 2.75) is 13.0 Å². The summed E-state index contributed by atoms with van der Waals surface area (Å²) in [5, 5.41) is 2.22. The number of hydrogen-bond donors (Lipinski definition) is 1. The minimum Gasteiger partial charge on any atom is -0.449 e. The molecule has 0 fully saturated rings. The average molecular weight is 323 g/mol. The molecule has 4 nitrogen and oxygen atoms in total. The highest BCUT2D eigenvalue weighted by atomic mass is 19.1. The molecule has 0 heterocycles. The Morgan fingerprint density at radius 2 is 1.52 bits per heavy atom. The third-order valence-corrected chi connectivity index (χ3v) is 2.95. The lowest BCUT2D eigenvalue weighted by molar-refractivity contribution is -0.123. The van der Waals surface area contributed by atoms with Gasteiger partial charge in [0.2, 0.25) is 0 Å². The quantitative estimate of drug-likeness (QED) is 0.879. The van der Waals surface area contributed by atoms with Crippen LogP contribution >= 0.6 is 0 Å². The molecule has 1 atom stereocenters. The van der Waals surface area contributed by atoms with Gasteiger partial charge in [-0.1, -0.05) is 18.2 Å². The molecule has 0 aromatic heterocycles. The molecule has 0 bridgehead atoms. The van der Waals surface area contributed by atoms with Gasteiger partial charge in [0.15, 0.2) is 6.10 Å². The van der Waals surface area contributed by atoms with Crippen molar-refractivity contribution in [3.05, 3.63) is 65.5 Å². The van der Waals surface area contributed by atoms with Crippen molar-refractivity contribution in [2.24, 2.45) is 0 Å². The van der Waals surface area contributed by atoms with Gasteiger partial charge >= 0.3 is 5.97 Å². The molecule has 0 aliphatic rings. The predicted octanol–water partition coefficient (Wildman–Crippen LogP) is 3.29. The van der Waals surface area contributed by atoms with Gasteiger partial charge in [-0.3, -0.25) is 4.79 Å². The van der Waals surface area contributed by atoms with Gasteiger partial charge in [-0.05, 0) is 31.2 Å². The van der Waals surface area contributed by atoms with E-state index in [1.165, 1.54) is 25.1 Å². The maximum atomic E-state index is 13.5. The zero-order valence-corrected chi connectivity index (χ0v) is 12.0. The second-order valence-electron chi connectivity index (χ2n) is 4.61. The standard InChI is InChI=1S/C16H12F3NO3/c1-9(15(21)20-13-8-3-2-5-10(13)17)23-16(22)14-11(18)6-4-7-12(14)19/h2-9H,1H3,(H,20,21). The zero-order chi connectivity index (χ0) is 17.0. The van der Waals surface area contributed by atoms with Gasteiger partial charge in [0.1, 0.15) is 23.0 Å². The van der Waals surface area contributed by atoms with Gasteiger partial charge in [0, 0.05) is 0 Å². The normalized spacial score (nSPS) is 11.7. The third-order valence-electron chi connectivity index (χ3n) is 2.95. The van der Waals surface area contributed by atoms with Gasteiger partial charge in [0.25, 0.3) is 5.91 Å². The largest absolute Gasteiger partial charge is 0.449 e. The van der Waals surface area contributed by atoms with Crippen molar-refractivity contribution in [3.8, 4) is 0 Å². The number of hydrogen-bond acceptors (Lipinski definition) is 3. The minimum absolute atomic E-state index is 0.0996. The number of benzene rings is 2. The molecule has 0 saturated carbocycles. The minimum atomic E-state index is -1.37. The predicted molar refractivity (Wildman–Crippen MR) is 76.3 cm³/mol. The maximum Gasteiger partial charge on any atom is 0.344 e. The second kappa shape index (κ2) is 6.95. The topological polar surface area (TPSA) is 55.4 Å². The van der Waals surface area contributed by atoms with Crippen LogP contribution < -0.4 is 5.32 Å². The molecule has 2 aromatic carbocycles. The molecule has 2 rings (SSSR count). The van der Waals surface area contributed by atoms with E-state index in [2.05, 4.69) is 5.32 Å². The number of nitrogens with one attached hydrogen (secondary N) is 1. The van der Waals surface area contributed by atoms with E-state index >= 15 is 0 Å². The van der Waals surface area contributed by atoms with Crippen LogP contribution in [0.2, 0.25) is 0 Å². The molecule has 0 radical (unpaired) electrons. The van der Waals surface area contributed by atoms with E-state index in [-0.39, 0.29) is 5.69 Å². The number of carbonyl (C=O) groups excluding carboxylic acids is 2. The summed E-state index contributed by atoms with van der Waals surface area (Å²) >= 11 is 0. The van der Waals surface area contributed by atoms with Gasteiger partial charge in [-0.15, -0.1) is 0 Å². The van der Waals surface area contributed by atoms with E-state index in [9.17, 15) is 22.8 Å². The first-order valence-electron chi connectivity index (χ1n) is 6.60. The van der Waals surface area contributed by atoms with Crippen LogP contribution in [0.15, 0.2) is 42.5 Å². The summed E-state index contributed by atoms with van der Waals surface area (Å²) in [5.74, 6) is -5.02. The molecular formula is C16H12F3NO3. The first kappa shape index (κ1) is 16.5. The van der Waals surface area contributed by atoms with Crippen molar-refractivity contribution in [1.29, 1.82) is 0 Å². The van der Waals surface area contributed by atoms with Gasteiger partial charge in [-0.2, -0.15) is 0 Å². The summed E-state index contributed by atoms with van der Waals surface area (Å²) in [5.41, 5.74) is -0.990. The molecule has 0 spiro atoms. The smallest absolute Gasteiger partial charge is 0.344 e. The summed E-state index contributed by atoms with van der Waals surface area (Å²) in [6.45, 7) is 1.20. The molecule has 0 aliphatic heterocycles. The Balaban J connectivity index is 2.06. The number of rotatable bonds is 4. The van der Waals surface area contributed by atoms with E-state index in [1.807, 2.05) is 0 Å². The van der Waals surface area contributed by atoms with Crippen molar-refractivity contribution in [3.63, 3.8) is 0 Å². The van der Waals surface area contributed by atoms with Crippen LogP contribution in [0.5, 0.6) is 0 Å². The number of ether oxygens (including phenoxy) is 1. The molecule has 7 heteroatoms. The maximum absolute atomic E-state index is 13.5. The molecule has 1 N–H and O–H groups in total. The number of carbonyl (C=O) groups is 2. The second-order valence-corrected chi connectivity index (χ2v) is 4.61. The summed E-state index contributed by atoms with van der Waals surface area (Å²) in [4.78, 5) is 23.6. The van der Waals surface area contributed by atoms with Crippen molar-refractivity contribution >= 4 is 17.6 Å². The fourth-order valence-corrected chi connectivity index (χ4v) is 1.76. The van der Waals surface area contributed by atoms with Crippen molar-refractivity contribution < 1.29 is 27.5 Å². The Labute approximate surface area is 129 Å². The molecule has 120 valence electrons. The Kier molecular flexibility index (Phi) is 5.00. The lowest BCUT2D eigenvalue weighted by Gasteiger charge is -2.14. The lowest BCUT2D eigenvalue weighted by Crippen LogP contribution is -2.30. The first-order valence-corrected chi connectivity index (χ1v) is 6.60. The number of anilines is 1. The summed E-state index contributed by atoms with van der Waals surface area (Å²) < 4.78 is 45.1. The molecule has 0 aliphatic carbocycles. The third kappa shape index (κ3) is 3.88. The van der Waals surface area contributed by atoms with Crippen LogP contribution in [0.25, 0.3) is 0 Å². The SMILES string of the molecule is CC(OC(=O)c1c(F)cccc1F)C(=O)Nc1ccccc1F. The number of esters is 1. The van der Waals surface area contributed by atoms with Gasteiger partial charge < -0.3 is 10.1 Å². The van der Waals surface area contributed by atoms with Crippen molar-refractivity contribution in [1.82, 2.24) is 0 Å². The van der Waals surface area contributed by atoms with E-state index in [1.54, 1.807) is 0 Å². The van der Waals surface area contributed by atoms with Gasteiger partial charge in [0.05, 0.1) is 5.69 Å². The zero-order valence-electron chi connectivity index (χ0n) is 12.0. The van der Waals surface area contributed by atoms with Crippen LogP contribution in [-0.2, 0) is 9.53 Å². The summed E-state index contributed by atoms with van der Waals surface area (Å²) in [6, 6.07) is 8.28. The Hall–Kier alpha value is -2.83. The molecular weight excluding hydrogens is 311 g/mol. The van der Waals surface area contributed by atoms with Crippen LogP contribution in [0.4, 0.5) is 18.9 Å². The fraction of sp³-hybridized carbons (Fsp3) is 0.125. The molecule has 1 unspecified atom stereocenters. The summed E-state index contributed by atoms with van der Waals surface area (Å²) in [6.07, 6.45) is -1.37. The van der Waals surface area contributed by atoms with E-state index in [4.69, 9.17) is 4.74 Å². The molecule has 23 heavy (non-hydrogen) atoms. The Morgan fingerprint density at radius 3 is 2.13 bits per heavy atom. The number of para-hydroxylation sites is 1. The van der Waals surface area contributed by atoms with Crippen LogP contribution in [0.1, 0.15) is 17.3 Å². The highest BCUT2D eigenvalue weighted by Crippen LogP contribution is 2.16. The fourth-order valence-electron chi connectivity index (χ4n) is 1.76. The highest BCUT2D eigenvalue weighted by Gasteiger charge is 2.24. The first-order chi connectivity index (χ1) is 10.9. The van der Waals surface area contributed by atoms with Gasteiger partial charge in [-0.25, -0.2) is 18.0 Å².